The van der Waals surface area contributed by atoms with Gasteiger partial charge in [-0.05, 0) is 36.8 Å². The second kappa shape index (κ2) is 12.8. The highest BCUT2D eigenvalue weighted by Gasteiger charge is 2.39. The van der Waals surface area contributed by atoms with Crippen LogP contribution in [0.4, 0.5) is 0 Å². The number of hydrogen-bond donors (Lipinski definition) is 6. The molecule has 4 rings (SSSR count). The molecule has 0 radical (unpaired) electrons. The minimum Gasteiger partial charge on any atom is -0.480 e. The summed E-state index contributed by atoms with van der Waals surface area (Å²) in [5.74, 6) is -2.48. The molecule has 12 nitrogen and oxygen atoms in total. The number of carboxylic acid groups (broad SMARTS) is 1. The molecule has 0 saturated carbocycles. The summed E-state index contributed by atoms with van der Waals surface area (Å²) in [6.07, 6.45) is 6.53. The van der Waals surface area contributed by atoms with Crippen LogP contribution in [0.25, 0.3) is 10.9 Å². The number of aromatic amines is 2. The number of aliphatic carboxylic acids is 1. The number of benzene rings is 1. The Hall–Kier alpha value is -4.19. The standard InChI is InChI=1S/C28H37N7O5/c1-16(2)10-23(28(39)40)34-26(37)24-8-5-9-35(24)27(38)22(11-17-13-31-21-7-4-3-6-19(17)21)33-25(36)20(29)12-18-14-30-15-32-18/h3-4,6-7,13-16,20,22-24,31H,5,8-12,29H2,1-2H3,(H,30,32)(H,33,36)(H,34,37)(H,39,40). The van der Waals surface area contributed by atoms with Gasteiger partial charge in [-0.15, -0.1) is 0 Å². The zero-order chi connectivity index (χ0) is 28.8. The van der Waals surface area contributed by atoms with Gasteiger partial charge in [-0.25, -0.2) is 9.78 Å². The number of carbonyl (C=O) groups excluding carboxylic acids is 3. The summed E-state index contributed by atoms with van der Waals surface area (Å²) >= 11 is 0. The van der Waals surface area contributed by atoms with Crippen molar-refractivity contribution in [2.24, 2.45) is 11.7 Å². The Morgan fingerprint density at radius 1 is 1.12 bits per heavy atom. The van der Waals surface area contributed by atoms with Gasteiger partial charge in [-0.1, -0.05) is 32.0 Å². The van der Waals surface area contributed by atoms with E-state index in [1.54, 1.807) is 12.4 Å². The zero-order valence-corrected chi connectivity index (χ0v) is 22.7. The van der Waals surface area contributed by atoms with Gasteiger partial charge in [0.2, 0.25) is 17.7 Å². The first-order valence-electron chi connectivity index (χ1n) is 13.6. The van der Waals surface area contributed by atoms with Crippen LogP contribution in [0.1, 0.15) is 44.4 Å². The summed E-state index contributed by atoms with van der Waals surface area (Å²) in [6, 6.07) is 3.86. The maximum absolute atomic E-state index is 13.9. The molecule has 12 heteroatoms. The maximum atomic E-state index is 13.9. The van der Waals surface area contributed by atoms with Crippen molar-refractivity contribution in [2.75, 3.05) is 6.54 Å². The highest BCUT2D eigenvalue weighted by Crippen LogP contribution is 2.23. The van der Waals surface area contributed by atoms with Crippen LogP contribution in [0.3, 0.4) is 0 Å². The van der Waals surface area contributed by atoms with Gasteiger partial charge in [-0.2, -0.15) is 0 Å². The molecule has 4 unspecified atom stereocenters. The summed E-state index contributed by atoms with van der Waals surface area (Å²) in [5, 5.41) is 15.9. The molecule has 4 atom stereocenters. The number of nitrogens with zero attached hydrogens (tertiary/aromatic N) is 2. The van der Waals surface area contributed by atoms with Crippen molar-refractivity contribution in [1.82, 2.24) is 30.5 Å². The molecule has 40 heavy (non-hydrogen) atoms. The lowest BCUT2D eigenvalue weighted by Gasteiger charge is -2.30. The lowest BCUT2D eigenvalue weighted by atomic mass is 10.0. The lowest BCUT2D eigenvalue weighted by molar-refractivity contribution is -0.145. The number of H-pyrrole nitrogens is 2. The molecule has 3 aromatic rings. The fraction of sp³-hybridized carbons (Fsp3) is 0.464. The van der Waals surface area contributed by atoms with Crippen molar-refractivity contribution in [1.29, 1.82) is 0 Å². The Balaban J connectivity index is 1.54. The quantitative estimate of drug-likeness (QED) is 0.194. The first-order valence-corrected chi connectivity index (χ1v) is 13.6. The molecular weight excluding hydrogens is 514 g/mol. The summed E-state index contributed by atoms with van der Waals surface area (Å²) in [4.78, 5) is 63.5. The summed E-state index contributed by atoms with van der Waals surface area (Å²) in [7, 11) is 0. The SMILES string of the molecule is CC(C)CC(NC(=O)C1CCCN1C(=O)C(Cc1c[nH]c2ccccc12)NC(=O)C(N)Cc1cnc[nH]1)C(=O)O. The molecule has 1 saturated heterocycles. The average molecular weight is 552 g/mol. The minimum atomic E-state index is -1.12. The average Bonchev–Trinajstić information content (AvgIpc) is 3.68. The van der Waals surface area contributed by atoms with E-state index in [0.717, 1.165) is 16.5 Å². The molecule has 0 spiro atoms. The number of fused-ring (bicyclic) bond motifs is 1. The van der Waals surface area contributed by atoms with Gasteiger partial charge in [0.25, 0.3) is 0 Å². The molecule has 3 amide bonds. The Labute approximate surface area is 232 Å². The van der Waals surface area contributed by atoms with Gasteiger partial charge in [0.1, 0.15) is 18.1 Å². The number of carbonyl (C=O) groups is 4. The van der Waals surface area contributed by atoms with Gasteiger partial charge in [-0.3, -0.25) is 14.4 Å². The van der Waals surface area contributed by atoms with Crippen molar-refractivity contribution in [3.05, 3.63) is 54.2 Å². The third-order valence-electron chi connectivity index (χ3n) is 7.21. The Morgan fingerprint density at radius 2 is 1.90 bits per heavy atom. The monoisotopic (exact) mass is 551 g/mol. The second-order valence-corrected chi connectivity index (χ2v) is 10.7. The van der Waals surface area contributed by atoms with Crippen molar-refractivity contribution in [3.63, 3.8) is 0 Å². The highest BCUT2D eigenvalue weighted by atomic mass is 16.4. The van der Waals surface area contributed by atoms with Crippen LogP contribution >= 0.6 is 0 Å². The molecule has 1 fully saturated rings. The lowest BCUT2D eigenvalue weighted by Crippen LogP contribution is -2.57. The van der Waals surface area contributed by atoms with Crippen LogP contribution < -0.4 is 16.4 Å². The van der Waals surface area contributed by atoms with E-state index >= 15 is 0 Å². The first kappa shape index (κ1) is 28.8. The van der Waals surface area contributed by atoms with Crippen molar-refractivity contribution in [2.45, 2.75) is 70.1 Å². The Kier molecular flexibility index (Phi) is 9.20. The molecule has 1 aliphatic heterocycles. The summed E-state index contributed by atoms with van der Waals surface area (Å²) in [5.41, 5.74) is 8.58. The smallest absolute Gasteiger partial charge is 0.326 e. The highest BCUT2D eigenvalue weighted by molar-refractivity contribution is 5.95. The predicted octanol–water partition coefficient (Wildman–Crippen LogP) is 1.09. The number of amides is 3. The molecule has 0 bridgehead atoms. The third-order valence-corrected chi connectivity index (χ3v) is 7.21. The number of rotatable bonds is 12. The van der Waals surface area contributed by atoms with Gasteiger partial charge in [0, 0.05) is 48.4 Å². The van der Waals surface area contributed by atoms with Crippen LogP contribution in [0, 0.1) is 5.92 Å². The Morgan fingerprint density at radius 3 is 2.60 bits per heavy atom. The van der Waals surface area contributed by atoms with E-state index in [0.29, 0.717) is 25.1 Å². The molecule has 1 aromatic carbocycles. The topological polar surface area (TPSA) is 186 Å². The number of likely N-dealkylation sites (tertiary alicyclic amines) is 1. The van der Waals surface area contributed by atoms with Crippen LogP contribution in [0.2, 0.25) is 0 Å². The third kappa shape index (κ3) is 6.87. The molecule has 7 N–H and O–H groups in total. The summed E-state index contributed by atoms with van der Waals surface area (Å²) in [6.45, 7) is 4.07. The van der Waals surface area contributed by atoms with Crippen LogP contribution in [0.5, 0.6) is 0 Å². The number of hydrogen-bond acceptors (Lipinski definition) is 6. The number of nitrogens with one attached hydrogen (secondary N) is 4. The van der Waals surface area contributed by atoms with Crippen molar-refractivity contribution < 1.29 is 24.3 Å². The van der Waals surface area contributed by atoms with E-state index < -0.39 is 47.9 Å². The number of carboxylic acids is 1. The maximum Gasteiger partial charge on any atom is 0.326 e. The number of imidazole rings is 1. The molecule has 2 aromatic heterocycles. The molecule has 0 aliphatic carbocycles. The zero-order valence-electron chi connectivity index (χ0n) is 22.7. The molecule has 1 aliphatic rings. The predicted molar refractivity (Wildman–Crippen MR) is 148 cm³/mol. The van der Waals surface area contributed by atoms with Gasteiger partial charge >= 0.3 is 5.97 Å². The Bertz CT molecular complexity index is 1340. The first-order chi connectivity index (χ1) is 19.1. The number of para-hydroxylation sites is 1. The minimum absolute atomic E-state index is 0.0597. The normalized spacial score (nSPS) is 17.5. The van der Waals surface area contributed by atoms with Crippen molar-refractivity contribution >= 4 is 34.6 Å². The largest absolute Gasteiger partial charge is 0.480 e. The molecule has 3 heterocycles. The van der Waals surface area contributed by atoms with E-state index in [-0.39, 0.29) is 25.2 Å². The molecular formula is C28H37N7O5. The van der Waals surface area contributed by atoms with E-state index in [1.807, 2.05) is 38.1 Å². The van der Waals surface area contributed by atoms with Gasteiger partial charge < -0.3 is 36.3 Å². The van der Waals surface area contributed by atoms with E-state index in [9.17, 15) is 24.3 Å². The molecule has 214 valence electrons. The fourth-order valence-electron chi connectivity index (χ4n) is 5.19. The van der Waals surface area contributed by atoms with Crippen LogP contribution in [0.15, 0.2) is 43.0 Å². The summed E-state index contributed by atoms with van der Waals surface area (Å²) < 4.78 is 0. The van der Waals surface area contributed by atoms with Crippen LogP contribution in [-0.2, 0) is 32.0 Å². The number of nitrogens with two attached hydrogens (primary N) is 1. The second-order valence-electron chi connectivity index (χ2n) is 10.7. The van der Waals surface area contributed by atoms with E-state index in [1.165, 1.54) is 11.2 Å². The van der Waals surface area contributed by atoms with Crippen molar-refractivity contribution in [3.8, 4) is 0 Å². The van der Waals surface area contributed by atoms with Gasteiger partial charge in [0.15, 0.2) is 0 Å². The van der Waals surface area contributed by atoms with E-state index in [4.69, 9.17) is 5.73 Å². The number of aromatic nitrogens is 3. The fourth-order valence-corrected chi connectivity index (χ4v) is 5.19. The van der Waals surface area contributed by atoms with Crippen LogP contribution in [-0.4, -0.2) is 79.4 Å². The van der Waals surface area contributed by atoms with E-state index in [2.05, 4.69) is 25.6 Å². The van der Waals surface area contributed by atoms with Gasteiger partial charge in [0.05, 0.1) is 12.4 Å².